The second-order valence-corrected chi connectivity index (χ2v) is 7.88. The van der Waals surface area contributed by atoms with Crippen LogP contribution in [0.25, 0.3) is 33.4 Å². The van der Waals surface area contributed by atoms with Gasteiger partial charge in [-0.25, -0.2) is 19.9 Å². The van der Waals surface area contributed by atoms with Crippen LogP contribution in [0.1, 0.15) is 13.3 Å². The molecule has 3 heterocycles. The summed E-state index contributed by atoms with van der Waals surface area (Å²) >= 11 is 0. The molecule has 0 fully saturated rings. The van der Waals surface area contributed by atoms with Crippen LogP contribution in [0.3, 0.4) is 0 Å². The van der Waals surface area contributed by atoms with Gasteiger partial charge in [0.1, 0.15) is 23.5 Å². The number of nitrogens with two attached hydrogens (primary N) is 1. The molecule has 0 atom stereocenters. The number of nitrogen functional groups attached to an aromatic ring is 1. The summed E-state index contributed by atoms with van der Waals surface area (Å²) in [5.41, 5.74) is 11.5. The van der Waals surface area contributed by atoms with Crippen molar-refractivity contribution in [1.82, 2.24) is 24.5 Å². The van der Waals surface area contributed by atoms with Gasteiger partial charge in [-0.15, -0.1) is 0 Å². The Bertz CT molecular complexity index is 1500. The van der Waals surface area contributed by atoms with Crippen molar-refractivity contribution in [2.75, 3.05) is 11.1 Å². The Hall–Kier alpha value is -4.79. The summed E-state index contributed by atoms with van der Waals surface area (Å²) in [5.74, 6) is 0.980. The van der Waals surface area contributed by atoms with E-state index in [4.69, 9.17) is 10.5 Å². The summed E-state index contributed by atoms with van der Waals surface area (Å²) in [6, 6.07) is 17.3. The molecule has 5 aromatic rings. The summed E-state index contributed by atoms with van der Waals surface area (Å²) in [6.45, 7) is 1.82. The number of carbonyl (C=O) groups excluding carboxylic acids is 1. The van der Waals surface area contributed by atoms with E-state index in [9.17, 15) is 4.79 Å². The highest BCUT2D eigenvalue weighted by atomic mass is 16.5. The standard InChI is InChI=1S/C26H23N7O2/c1-3-20(34)32-18-9-5-17(6-10-18)23-21(22-24(27)30-15-31-25(22)33(23)2)16-7-11-19(12-8-16)35-26-28-13-4-14-29-26/h4-15H,3H2,1-2H3,(H,32,34)(H2,27,30,31). The number of nitrogens with one attached hydrogen (secondary N) is 1. The van der Waals surface area contributed by atoms with Crippen molar-refractivity contribution >= 4 is 28.4 Å². The molecular weight excluding hydrogens is 442 g/mol. The normalized spacial score (nSPS) is 10.9. The minimum Gasteiger partial charge on any atom is -0.424 e. The largest absolute Gasteiger partial charge is 0.424 e. The van der Waals surface area contributed by atoms with Crippen LogP contribution in [-0.4, -0.2) is 30.4 Å². The van der Waals surface area contributed by atoms with E-state index in [1.807, 2.05) is 67.1 Å². The van der Waals surface area contributed by atoms with Crippen molar-refractivity contribution in [2.45, 2.75) is 13.3 Å². The van der Waals surface area contributed by atoms with Gasteiger partial charge < -0.3 is 20.4 Å². The highest BCUT2D eigenvalue weighted by Crippen LogP contribution is 2.42. The number of fused-ring (bicyclic) bond motifs is 1. The average Bonchev–Trinajstić information content (AvgIpc) is 3.19. The van der Waals surface area contributed by atoms with Gasteiger partial charge in [-0.2, -0.15) is 0 Å². The van der Waals surface area contributed by atoms with Gasteiger partial charge >= 0.3 is 6.01 Å². The molecule has 3 N–H and O–H groups in total. The van der Waals surface area contributed by atoms with Crippen molar-refractivity contribution in [3.63, 3.8) is 0 Å². The van der Waals surface area contributed by atoms with Gasteiger partial charge in [0.05, 0.1) is 11.1 Å². The summed E-state index contributed by atoms with van der Waals surface area (Å²) < 4.78 is 7.75. The molecule has 0 spiro atoms. The zero-order chi connectivity index (χ0) is 24.4. The molecule has 0 radical (unpaired) electrons. The summed E-state index contributed by atoms with van der Waals surface area (Å²) in [6.07, 6.45) is 5.14. The molecule has 5 rings (SSSR count). The van der Waals surface area contributed by atoms with Crippen molar-refractivity contribution in [3.05, 3.63) is 73.3 Å². The number of rotatable bonds is 6. The van der Waals surface area contributed by atoms with Crippen LogP contribution in [0.15, 0.2) is 73.3 Å². The molecule has 0 unspecified atom stereocenters. The minimum absolute atomic E-state index is 0.0331. The Morgan fingerprint density at radius 2 is 1.66 bits per heavy atom. The molecular formula is C26H23N7O2. The molecule has 9 heteroatoms. The number of benzene rings is 2. The topological polar surface area (TPSA) is 121 Å². The highest BCUT2D eigenvalue weighted by molar-refractivity contribution is 6.07. The van der Waals surface area contributed by atoms with E-state index < -0.39 is 0 Å². The first-order chi connectivity index (χ1) is 17.0. The predicted octanol–water partition coefficient (Wildman–Crippen LogP) is 4.82. The third-order valence-corrected chi connectivity index (χ3v) is 5.65. The molecule has 0 aliphatic rings. The van der Waals surface area contributed by atoms with Gasteiger partial charge in [0.25, 0.3) is 0 Å². The molecule has 35 heavy (non-hydrogen) atoms. The fourth-order valence-corrected chi connectivity index (χ4v) is 3.99. The second kappa shape index (κ2) is 9.22. The molecule has 0 saturated heterocycles. The van der Waals surface area contributed by atoms with Crippen LogP contribution >= 0.6 is 0 Å². The molecule has 3 aromatic heterocycles. The smallest absolute Gasteiger partial charge is 0.321 e. The van der Waals surface area contributed by atoms with E-state index >= 15 is 0 Å². The lowest BCUT2D eigenvalue weighted by atomic mass is 9.98. The molecule has 0 aliphatic carbocycles. The minimum atomic E-state index is -0.0331. The monoisotopic (exact) mass is 465 g/mol. The van der Waals surface area contributed by atoms with E-state index in [1.54, 1.807) is 18.5 Å². The van der Waals surface area contributed by atoms with Crippen molar-refractivity contribution in [2.24, 2.45) is 7.05 Å². The maximum absolute atomic E-state index is 11.8. The first-order valence-corrected chi connectivity index (χ1v) is 11.1. The Kier molecular flexibility index (Phi) is 5.80. The van der Waals surface area contributed by atoms with Gasteiger partial charge in [0, 0.05) is 37.1 Å². The van der Waals surface area contributed by atoms with Crippen LogP contribution in [0.2, 0.25) is 0 Å². The van der Waals surface area contributed by atoms with Crippen LogP contribution in [0.4, 0.5) is 11.5 Å². The lowest BCUT2D eigenvalue weighted by Gasteiger charge is -2.11. The molecule has 0 saturated carbocycles. The zero-order valence-electron chi connectivity index (χ0n) is 19.3. The van der Waals surface area contributed by atoms with Crippen LogP contribution in [0.5, 0.6) is 11.8 Å². The number of ether oxygens (including phenoxy) is 1. The number of anilines is 2. The lowest BCUT2D eigenvalue weighted by Crippen LogP contribution is -2.09. The lowest BCUT2D eigenvalue weighted by molar-refractivity contribution is -0.115. The van der Waals surface area contributed by atoms with Crippen molar-refractivity contribution in [3.8, 4) is 34.1 Å². The van der Waals surface area contributed by atoms with E-state index in [2.05, 4.69) is 25.3 Å². The van der Waals surface area contributed by atoms with Gasteiger partial charge in [0.15, 0.2) is 0 Å². The van der Waals surface area contributed by atoms with Gasteiger partial charge in [-0.3, -0.25) is 4.79 Å². The number of aromatic nitrogens is 5. The summed E-state index contributed by atoms with van der Waals surface area (Å²) in [4.78, 5) is 28.7. The summed E-state index contributed by atoms with van der Waals surface area (Å²) in [5, 5.41) is 3.65. The third-order valence-electron chi connectivity index (χ3n) is 5.65. The van der Waals surface area contributed by atoms with E-state index in [1.165, 1.54) is 6.33 Å². The maximum atomic E-state index is 11.8. The maximum Gasteiger partial charge on any atom is 0.321 e. The number of hydrogen-bond donors (Lipinski definition) is 2. The fraction of sp³-hybridized carbons (Fsp3) is 0.115. The first-order valence-electron chi connectivity index (χ1n) is 11.1. The summed E-state index contributed by atoms with van der Waals surface area (Å²) in [7, 11) is 1.95. The SMILES string of the molecule is CCC(=O)Nc1ccc(-c2c(-c3ccc(Oc4ncccn4)cc3)c3c(N)ncnc3n2C)cc1. The number of carbonyl (C=O) groups is 1. The van der Waals surface area contributed by atoms with Crippen molar-refractivity contribution < 1.29 is 9.53 Å². The van der Waals surface area contributed by atoms with E-state index in [0.29, 0.717) is 18.0 Å². The van der Waals surface area contributed by atoms with Gasteiger partial charge in [-0.1, -0.05) is 31.2 Å². The fourth-order valence-electron chi connectivity index (χ4n) is 3.99. The molecule has 9 nitrogen and oxygen atoms in total. The Balaban J connectivity index is 1.60. The predicted molar refractivity (Wildman–Crippen MR) is 135 cm³/mol. The van der Waals surface area contributed by atoms with Gasteiger partial charge in [0.2, 0.25) is 5.91 Å². The molecule has 174 valence electrons. The van der Waals surface area contributed by atoms with Crippen LogP contribution in [-0.2, 0) is 11.8 Å². The van der Waals surface area contributed by atoms with E-state index in [-0.39, 0.29) is 11.9 Å². The Labute approximate surface area is 201 Å². The van der Waals surface area contributed by atoms with E-state index in [0.717, 1.165) is 39.1 Å². The Morgan fingerprint density at radius 3 is 2.34 bits per heavy atom. The number of aryl methyl sites for hydroxylation is 1. The quantitative estimate of drug-likeness (QED) is 0.369. The zero-order valence-corrected chi connectivity index (χ0v) is 19.3. The number of amides is 1. The highest BCUT2D eigenvalue weighted by Gasteiger charge is 2.22. The number of nitrogens with zero attached hydrogens (tertiary/aromatic N) is 5. The first kappa shape index (κ1) is 22.0. The van der Waals surface area contributed by atoms with Crippen LogP contribution in [0, 0.1) is 0 Å². The van der Waals surface area contributed by atoms with Crippen molar-refractivity contribution in [1.29, 1.82) is 0 Å². The third kappa shape index (κ3) is 4.26. The second-order valence-electron chi connectivity index (χ2n) is 7.88. The van der Waals surface area contributed by atoms with Gasteiger partial charge in [-0.05, 0) is 41.5 Å². The molecule has 0 bridgehead atoms. The Morgan fingerprint density at radius 1 is 0.971 bits per heavy atom. The van der Waals surface area contributed by atoms with Crippen LogP contribution < -0.4 is 15.8 Å². The molecule has 0 aliphatic heterocycles. The molecule has 1 amide bonds. The molecule has 2 aromatic carbocycles. The average molecular weight is 466 g/mol. The number of hydrogen-bond acceptors (Lipinski definition) is 7.